The number of carbonyl (C=O) groups is 1. The number of amides is 1. The number of hydrogen-bond donors (Lipinski definition) is 0. The summed E-state index contributed by atoms with van der Waals surface area (Å²) in [6, 6.07) is 2.44. The van der Waals surface area contributed by atoms with Gasteiger partial charge in [-0.3, -0.25) is 4.79 Å². The molecular formula is C13H22N2O. The van der Waals surface area contributed by atoms with E-state index >= 15 is 0 Å². The Morgan fingerprint density at radius 2 is 2.19 bits per heavy atom. The molecule has 0 N–H and O–H groups in total. The van der Waals surface area contributed by atoms with Crippen molar-refractivity contribution in [2.45, 2.75) is 53.0 Å². The molecular weight excluding hydrogens is 200 g/mol. The fraction of sp³-hybridized carbons (Fsp3) is 0.846. The van der Waals surface area contributed by atoms with Crippen molar-refractivity contribution in [1.82, 2.24) is 4.90 Å². The highest BCUT2D eigenvalue weighted by atomic mass is 16.2. The van der Waals surface area contributed by atoms with Gasteiger partial charge < -0.3 is 4.90 Å². The molecule has 1 fully saturated rings. The minimum absolute atomic E-state index is 0.0110. The molecule has 1 heterocycles. The van der Waals surface area contributed by atoms with Crippen LogP contribution >= 0.6 is 0 Å². The van der Waals surface area contributed by atoms with E-state index in [2.05, 4.69) is 19.9 Å². The van der Waals surface area contributed by atoms with E-state index in [1.54, 1.807) is 6.92 Å². The number of rotatable bonds is 2. The van der Waals surface area contributed by atoms with E-state index in [-0.39, 0.29) is 11.9 Å². The van der Waals surface area contributed by atoms with Gasteiger partial charge in [-0.2, -0.15) is 5.26 Å². The van der Waals surface area contributed by atoms with Gasteiger partial charge in [-0.15, -0.1) is 0 Å². The molecule has 0 saturated carbocycles. The molecule has 16 heavy (non-hydrogen) atoms. The molecule has 1 aliphatic rings. The van der Waals surface area contributed by atoms with Crippen molar-refractivity contribution in [2.24, 2.45) is 11.3 Å². The highest BCUT2D eigenvalue weighted by Crippen LogP contribution is 2.29. The number of nitrogens with zero attached hydrogens (tertiary/aromatic N) is 2. The largest absolute Gasteiger partial charge is 0.339 e. The minimum Gasteiger partial charge on any atom is -0.339 e. The average Bonchev–Trinajstić information content (AvgIpc) is 2.27. The van der Waals surface area contributed by atoms with Gasteiger partial charge in [0.15, 0.2) is 0 Å². The first-order valence-electron chi connectivity index (χ1n) is 6.17. The van der Waals surface area contributed by atoms with Crippen molar-refractivity contribution >= 4 is 5.91 Å². The van der Waals surface area contributed by atoms with Crippen LogP contribution in [0, 0.1) is 22.7 Å². The molecule has 0 spiro atoms. The summed E-state index contributed by atoms with van der Waals surface area (Å²) in [5.41, 5.74) is -0.838. The highest BCUT2D eigenvalue weighted by Gasteiger charge is 2.38. The minimum atomic E-state index is -0.838. The zero-order valence-corrected chi connectivity index (χ0v) is 10.8. The van der Waals surface area contributed by atoms with Gasteiger partial charge in [-0.05, 0) is 39.0 Å². The number of carbonyl (C=O) groups excluding carboxylic acids is 1. The summed E-state index contributed by atoms with van der Waals surface area (Å²) < 4.78 is 0. The van der Waals surface area contributed by atoms with E-state index in [4.69, 9.17) is 5.26 Å². The molecule has 0 aromatic carbocycles. The van der Waals surface area contributed by atoms with E-state index in [0.29, 0.717) is 12.3 Å². The third-order valence-electron chi connectivity index (χ3n) is 3.83. The van der Waals surface area contributed by atoms with Crippen LogP contribution in [0.5, 0.6) is 0 Å². The first-order valence-corrected chi connectivity index (χ1v) is 6.17. The normalized spacial score (nSPS) is 29.3. The quantitative estimate of drug-likeness (QED) is 0.720. The monoisotopic (exact) mass is 222 g/mol. The lowest BCUT2D eigenvalue weighted by Gasteiger charge is -2.39. The Labute approximate surface area is 98.4 Å². The maximum absolute atomic E-state index is 12.3. The summed E-state index contributed by atoms with van der Waals surface area (Å²) in [4.78, 5) is 14.2. The van der Waals surface area contributed by atoms with Crippen LogP contribution in [0.4, 0.5) is 0 Å². The molecule has 0 aromatic heterocycles. The Morgan fingerprint density at radius 3 is 2.62 bits per heavy atom. The molecule has 90 valence electrons. The first kappa shape index (κ1) is 13.0. The summed E-state index contributed by atoms with van der Waals surface area (Å²) >= 11 is 0. The van der Waals surface area contributed by atoms with E-state index < -0.39 is 5.41 Å². The lowest BCUT2D eigenvalue weighted by atomic mass is 9.85. The van der Waals surface area contributed by atoms with Crippen LogP contribution in [0.1, 0.15) is 47.0 Å². The number of nitriles is 1. The molecule has 1 aliphatic heterocycles. The van der Waals surface area contributed by atoms with Gasteiger partial charge in [0.05, 0.1) is 6.07 Å². The summed E-state index contributed by atoms with van der Waals surface area (Å²) in [5, 5.41) is 9.13. The predicted octanol–water partition coefficient (Wildman–Crippen LogP) is 2.57. The van der Waals surface area contributed by atoms with Crippen molar-refractivity contribution in [3.8, 4) is 6.07 Å². The van der Waals surface area contributed by atoms with Gasteiger partial charge in [0.1, 0.15) is 5.41 Å². The zero-order chi connectivity index (χ0) is 12.3. The Morgan fingerprint density at radius 1 is 1.56 bits per heavy atom. The van der Waals surface area contributed by atoms with Gasteiger partial charge in [0.25, 0.3) is 0 Å². The summed E-state index contributed by atoms with van der Waals surface area (Å²) in [6.45, 7) is 8.76. The summed E-state index contributed by atoms with van der Waals surface area (Å²) in [7, 11) is 0. The zero-order valence-electron chi connectivity index (χ0n) is 10.8. The predicted molar refractivity (Wildman–Crippen MR) is 63.6 cm³/mol. The molecule has 0 aliphatic carbocycles. The molecule has 0 radical (unpaired) electrons. The van der Waals surface area contributed by atoms with Crippen molar-refractivity contribution in [3.63, 3.8) is 0 Å². The van der Waals surface area contributed by atoms with Crippen molar-refractivity contribution < 1.29 is 4.79 Å². The maximum Gasteiger partial charge on any atom is 0.242 e. The smallest absolute Gasteiger partial charge is 0.242 e. The van der Waals surface area contributed by atoms with E-state index in [1.165, 1.54) is 0 Å². The first-order chi connectivity index (χ1) is 7.44. The maximum atomic E-state index is 12.3. The van der Waals surface area contributed by atoms with Crippen molar-refractivity contribution in [2.75, 3.05) is 6.54 Å². The number of likely N-dealkylation sites (tertiary alicyclic amines) is 1. The molecule has 0 aromatic rings. The van der Waals surface area contributed by atoms with E-state index in [0.717, 1.165) is 19.4 Å². The molecule has 3 unspecified atom stereocenters. The lowest BCUT2D eigenvalue weighted by Crippen LogP contribution is -2.49. The van der Waals surface area contributed by atoms with Gasteiger partial charge >= 0.3 is 0 Å². The number of hydrogen-bond acceptors (Lipinski definition) is 2. The summed E-state index contributed by atoms with van der Waals surface area (Å²) in [5.74, 6) is 0.700. The summed E-state index contributed by atoms with van der Waals surface area (Å²) in [6.07, 6.45) is 2.69. The van der Waals surface area contributed by atoms with Gasteiger partial charge in [0, 0.05) is 12.6 Å². The standard InChI is InChI=1S/C13H22N2O/c1-5-13(4,9-14)12(16)15-7-6-10(2)8-11(15)3/h10-11H,5-8H2,1-4H3. The lowest BCUT2D eigenvalue weighted by molar-refractivity contribution is -0.142. The average molecular weight is 222 g/mol. The van der Waals surface area contributed by atoms with Crippen LogP contribution in [-0.2, 0) is 4.79 Å². The van der Waals surface area contributed by atoms with Crippen LogP contribution < -0.4 is 0 Å². The van der Waals surface area contributed by atoms with Gasteiger partial charge in [-0.25, -0.2) is 0 Å². The van der Waals surface area contributed by atoms with E-state index in [9.17, 15) is 4.79 Å². The molecule has 1 saturated heterocycles. The van der Waals surface area contributed by atoms with Crippen LogP contribution in [0.15, 0.2) is 0 Å². The molecule has 1 rings (SSSR count). The third kappa shape index (κ3) is 2.37. The topological polar surface area (TPSA) is 44.1 Å². The van der Waals surface area contributed by atoms with Crippen LogP contribution in [-0.4, -0.2) is 23.4 Å². The molecule has 0 bridgehead atoms. The third-order valence-corrected chi connectivity index (χ3v) is 3.83. The van der Waals surface area contributed by atoms with Crippen LogP contribution in [0.3, 0.4) is 0 Å². The number of piperidine rings is 1. The van der Waals surface area contributed by atoms with Gasteiger partial charge in [0.2, 0.25) is 5.91 Å². The van der Waals surface area contributed by atoms with Crippen molar-refractivity contribution in [1.29, 1.82) is 5.26 Å². The molecule has 1 amide bonds. The fourth-order valence-corrected chi connectivity index (χ4v) is 2.30. The Balaban J connectivity index is 2.79. The molecule has 3 nitrogen and oxygen atoms in total. The second kappa shape index (κ2) is 4.86. The highest BCUT2D eigenvalue weighted by molar-refractivity contribution is 5.85. The SMILES string of the molecule is CCC(C)(C#N)C(=O)N1CCC(C)CC1C. The van der Waals surface area contributed by atoms with Gasteiger partial charge in [-0.1, -0.05) is 13.8 Å². The molecule has 3 heteroatoms. The fourth-order valence-electron chi connectivity index (χ4n) is 2.30. The second-order valence-electron chi connectivity index (χ2n) is 5.27. The molecule has 3 atom stereocenters. The Hall–Kier alpha value is -1.04. The second-order valence-corrected chi connectivity index (χ2v) is 5.27. The van der Waals surface area contributed by atoms with Crippen molar-refractivity contribution in [3.05, 3.63) is 0 Å². The Kier molecular flexibility index (Phi) is 3.96. The van der Waals surface area contributed by atoms with Crippen LogP contribution in [0.2, 0.25) is 0 Å². The Bertz CT molecular complexity index is 308. The van der Waals surface area contributed by atoms with Crippen LogP contribution in [0.25, 0.3) is 0 Å². The van der Waals surface area contributed by atoms with E-state index in [1.807, 2.05) is 11.8 Å².